The first kappa shape index (κ1) is 93.0. The number of amides is 5. The lowest BCUT2D eigenvalue weighted by molar-refractivity contribution is -0.375. The van der Waals surface area contributed by atoms with Crippen molar-refractivity contribution in [3.05, 3.63) is 11.5 Å². The first-order valence-corrected chi connectivity index (χ1v) is 38.6. The molecule has 0 aromatic carbocycles. The summed E-state index contributed by atoms with van der Waals surface area (Å²) in [6.45, 7) is 16.3. The lowest BCUT2D eigenvalue weighted by Gasteiger charge is -2.52. The molecule has 6 aliphatic rings. The number of carbonyl (C=O) groups is 7. The Morgan fingerprint density at radius 3 is 1.79 bits per heavy atom. The van der Waals surface area contributed by atoms with Gasteiger partial charge in [0.15, 0.2) is 67.8 Å². The molecule has 0 aromatic rings. The molecule has 0 bridgehead atoms. The van der Waals surface area contributed by atoms with Gasteiger partial charge in [-0.25, -0.2) is 14.2 Å². The van der Waals surface area contributed by atoms with Crippen molar-refractivity contribution < 1.29 is 165 Å². The summed E-state index contributed by atoms with van der Waals surface area (Å²) in [5, 5.41) is 139. The lowest BCUT2D eigenvalue weighted by atomic mass is 9.79. The molecule has 1 aliphatic carbocycles. The minimum absolute atomic E-state index is 0.0632. The third-order valence-corrected chi connectivity index (χ3v) is 21.6. The monoisotopic (exact) mass is 1590 g/mol. The van der Waals surface area contributed by atoms with Crippen LogP contribution in [0, 0.1) is 29.1 Å². The number of unbranched alkanes of at least 4 members (excludes halogenated alkanes) is 1. The number of nitrogens with one attached hydrogen (secondary N) is 3. The van der Waals surface area contributed by atoms with Crippen LogP contribution < -0.4 is 27.4 Å². The lowest BCUT2D eigenvalue weighted by Crippen LogP contribution is -2.72. The molecule has 0 aromatic heterocycles. The molecule has 20 N–H and O–H groups in total. The number of hydrogen-bond acceptors (Lipinski definition) is 32. The summed E-state index contributed by atoms with van der Waals surface area (Å²) in [6.07, 6.45) is -38.4. The number of aliphatic carboxylic acids is 1. The molecule has 4 unspecified atom stereocenters. The van der Waals surface area contributed by atoms with Gasteiger partial charge in [0.2, 0.25) is 17.7 Å². The van der Waals surface area contributed by atoms with E-state index < -0.39 is 240 Å². The van der Waals surface area contributed by atoms with Crippen molar-refractivity contribution in [1.82, 2.24) is 16.0 Å². The number of phosphoric ester groups is 1. The van der Waals surface area contributed by atoms with Crippen molar-refractivity contribution in [2.24, 2.45) is 40.6 Å². The molecule has 40 heteroatoms. The zero-order valence-corrected chi connectivity index (χ0v) is 64.4. The Hall–Kier alpha value is -4.86. The highest BCUT2D eigenvalue weighted by atomic mass is 31.2. The molecule has 39 nitrogen and oxygen atoms in total. The Bertz CT molecular complexity index is 3060. The van der Waals surface area contributed by atoms with E-state index in [1.807, 2.05) is 6.92 Å². The molecule has 0 spiro atoms. The largest absolute Gasteiger partial charge is 0.510 e. The van der Waals surface area contributed by atoms with E-state index in [4.69, 9.17) is 72.6 Å². The fourth-order valence-electron chi connectivity index (χ4n) is 14.0. The van der Waals surface area contributed by atoms with Crippen LogP contribution in [0.5, 0.6) is 0 Å². The highest BCUT2D eigenvalue weighted by Crippen LogP contribution is 2.49. The van der Waals surface area contributed by atoms with E-state index in [0.29, 0.717) is 18.3 Å². The molecule has 5 heterocycles. The van der Waals surface area contributed by atoms with Crippen molar-refractivity contribution in [1.29, 1.82) is 0 Å². The van der Waals surface area contributed by atoms with E-state index >= 15 is 0 Å². The topological polar surface area (TPSA) is 608 Å². The summed E-state index contributed by atoms with van der Waals surface area (Å²) in [4.78, 5) is 102. The summed E-state index contributed by atoms with van der Waals surface area (Å²) in [5.74, 6) is -5.44. The maximum absolute atomic E-state index is 14.1. The quantitative estimate of drug-likeness (QED) is 0.0245. The third-order valence-electron chi connectivity index (χ3n) is 20.6. The molecular formula is C69H118N5O34P. The zero-order chi connectivity index (χ0) is 81.5. The van der Waals surface area contributed by atoms with E-state index in [2.05, 4.69) is 57.5 Å². The second-order valence-corrected chi connectivity index (χ2v) is 32.4. The minimum atomic E-state index is -5.82. The number of Topliss-reactive ketones (excluding diaryl/α,β-unsaturated/α-hetero) is 1. The fraction of sp³-hybridized carbons (Fsp3) is 0.870. The van der Waals surface area contributed by atoms with Gasteiger partial charge in [0.25, 0.3) is 5.91 Å². The van der Waals surface area contributed by atoms with Crippen LogP contribution in [0.25, 0.3) is 0 Å². The maximum Gasteiger partial charge on any atom is 0.474 e. The summed E-state index contributed by atoms with van der Waals surface area (Å²) < 4.78 is 89.2. The van der Waals surface area contributed by atoms with Gasteiger partial charge < -0.3 is 146 Å². The molecule has 5 aliphatic heterocycles. The molecule has 0 saturated carbocycles. The smallest absolute Gasteiger partial charge is 0.474 e. The average Bonchev–Trinajstić information content (AvgIpc) is 1.75. The van der Waals surface area contributed by atoms with Gasteiger partial charge in [-0.3, -0.25) is 33.0 Å². The normalized spacial score (nSPS) is 36.3. The number of carbonyl (C=O) groups excluding carboxylic acids is 6. The van der Waals surface area contributed by atoms with Gasteiger partial charge in [-0.1, -0.05) is 106 Å². The van der Waals surface area contributed by atoms with Crippen LogP contribution in [0.4, 0.5) is 4.79 Å². The molecule has 0 radical (unpaired) electrons. The molecule has 109 heavy (non-hydrogen) atoms. The Morgan fingerprint density at radius 1 is 0.651 bits per heavy atom. The van der Waals surface area contributed by atoms with Crippen LogP contribution >= 0.6 is 7.82 Å². The number of allylic oxidation sites excluding steroid dienone is 2. The van der Waals surface area contributed by atoms with Crippen LogP contribution in [0.3, 0.4) is 0 Å². The fourth-order valence-corrected chi connectivity index (χ4v) is 14.8. The van der Waals surface area contributed by atoms with Gasteiger partial charge >= 0.3 is 19.9 Å². The van der Waals surface area contributed by atoms with E-state index in [1.165, 1.54) is 39.0 Å². The number of nitrogens with two attached hydrogens (primary N) is 2. The second-order valence-electron chi connectivity index (χ2n) is 31.0. The first-order valence-electron chi connectivity index (χ1n) is 37.1. The number of ketones is 1. The predicted octanol–water partition coefficient (Wildman–Crippen LogP) is -1.48. The van der Waals surface area contributed by atoms with Crippen LogP contribution in [0.1, 0.15) is 166 Å². The summed E-state index contributed by atoms with van der Waals surface area (Å²) in [6, 6.07) is -3.98. The highest BCUT2D eigenvalue weighted by molar-refractivity contribution is 7.47. The van der Waals surface area contributed by atoms with E-state index in [0.717, 1.165) is 65.2 Å². The van der Waals surface area contributed by atoms with Crippen LogP contribution in [0.15, 0.2) is 11.5 Å². The van der Waals surface area contributed by atoms with Crippen LogP contribution in [0.2, 0.25) is 0 Å². The number of aliphatic hydroxyl groups excluding tert-OH is 10. The first-order chi connectivity index (χ1) is 50.9. The molecule has 6 rings (SSSR count). The van der Waals surface area contributed by atoms with E-state index in [1.54, 1.807) is 0 Å². The standard InChI is InChI=1S/C69H118N5O34P/c1-30(2)15-14-17-31(3)18-19-33(5)22-25-68(9,10)24-13-12-16-32(4)23-26-96-41(61(90)91)29-98-109(94,95)108-66-56(57(107-67(71)92)69(11,93)58(106-66)59(70)88)105-63-44(73-36(8)77)47(82)54(40(101-63)28-97-64-51(86)48(83)45(80)39(27-75)100-64)103-62-43(72-35(7)76)46(81)53(34(6)99-62)102-65-52(87)49(84)50(85)55(104-65)60(89)74-42-37(78)20-21-38(42)79/h30-34,39-41,43-58,62-66,75,78,80-87,93H,12-29H2,1-11H3,(H2,70,88)(H2,71,92)(H,72,76)(H,73,77)(H,74,89)(H,90,91)(H,94,95)/t31?,32?,33?,34-,39-,40-,41-,43-,44-,45-,46-,47-,48+,49+,50-,51-,52-,53-,54-,55+,56-,57-,58-,62+,63+,64-,65-,66-,69+/m1/s1. The summed E-state index contributed by atoms with van der Waals surface area (Å²) in [7, 11) is -5.82. The van der Waals surface area contributed by atoms with E-state index in [-0.39, 0.29) is 30.8 Å². The van der Waals surface area contributed by atoms with E-state index in [9.17, 15) is 104 Å². The Morgan fingerprint density at radius 2 is 1.21 bits per heavy atom. The molecule has 5 saturated heterocycles. The SMILES string of the molecule is CC(=O)N[C@H]1[C@H](O[C@H]2[C@H](O)[C@@H](NC(C)=O)[C@H](O[C@H]3[C@@H](OP(=O)(O)OC[C@@H](OCCC(C)CCCCC(C)(C)CCC(C)CCC(C)CCCC(C)C)C(=O)O)O[C@H](C(N)=O)[C@@](C)(O)[C@@H]3OC(N)=O)O[C@@H]2CO[C@@H]2O[C@H](CO)[C@@H](O)[C@H](O)[C@H]2O)O[C@H](C)[C@@H](O[C@@H]2O[C@H](C(=O)NC3=C(O)CCC3=O)[C@H](O)[C@H](O)[C@H]2O)[C@@H]1O. The Labute approximate surface area is 632 Å². The van der Waals surface area contributed by atoms with Crippen LogP contribution in [-0.4, -0.2) is 293 Å². The molecular weight excluding hydrogens is 1470 g/mol. The molecule has 5 amide bonds. The predicted molar refractivity (Wildman–Crippen MR) is 372 cm³/mol. The van der Waals surface area contributed by atoms with Gasteiger partial charge in [-0.2, -0.15) is 0 Å². The average molecular weight is 1590 g/mol. The van der Waals surface area contributed by atoms with Gasteiger partial charge in [-0.15, -0.1) is 0 Å². The van der Waals surface area contributed by atoms with Crippen molar-refractivity contribution >= 4 is 49.3 Å². The molecule has 30 atom stereocenters. The maximum atomic E-state index is 14.1. The number of rotatable bonds is 41. The number of aliphatic hydroxyl groups is 11. The summed E-state index contributed by atoms with van der Waals surface area (Å²) >= 11 is 0. The van der Waals surface area contributed by atoms with Gasteiger partial charge in [0.05, 0.1) is 25.9 Å². The number of ether oxygens (including phenoxy) is 11. The molecule has 5 fully saturated rings. The van der Waals surface area contributed by atoms with Gasteiger partial charge in [-0.05, 0) is 62.2 Å². The second kappa shape index (κ2) is 41.4. The summed E-state index contributed by atoms with van der Waals surface area (Å²) in [5.41, 5.74) is 7.83. The number of carboxylic acid groups (broad SMARTS) is 1. The molecule has 628 valence electrons. The van der Waals surface area contributed by atoms with Crippen molar-refractivity contribution in [3.63, 3.8) is 0 Å². The van der Waals surface area contributed by atoms with Crippen molar-refractivity contribution in [2.75, 3.05) is 26.4 Å². The van der Waals surface area contributed by atoms with Gasteiger partial charge in [0, 0.05) is 33.3 Å². The van der Waals surface area contributed by atoms with Gasteiger partial charge in [0.1, 0.15) is 102 Å². The Kier molecular flexibility index (Phi) is 35.4. The highest BCUT2D eigenvalue weighted by Gasteiger charge is 2.62. The number of primary amides is 2. The minimum Gasteiger partial charge on any atom is -0.510 e. The van der Waals surface area contributed by atoms with Crippen LogP contribution in [-0.2, 0) is 94.5 Å². The Balaban J connectivity index is 1.22. The van der Waals surface area contributed by atoms with Crippen molar-refractivity contribution in [3.8, 4) is 0 Å². The number of phosphoric acid groups is 1. The zero-order valence-electron chi connectivity index (χ0n) is 63.5. The number of carboxylic acids is 1. The van der Waals surface area contributed by atoms with Crippen molar-refractivity contribution in [2.45, 2.75) is 325 Å². The third kappa shape index (κ3) is 26.1. The number of hydrogen-bond donors (Lipinski definition) is 18.